The lowest BCUT2D eigenvalue weighted by atomic mass is 9.94. The third-order valence-electron chi connectivity index (χ3n) is 7.50. The van der Waals surface area contributed by atoms with Crippen molar-refractivity contribution in [2.75, 3.05) is 6.61 Å². The van der Waals surface area contributed by atoms with Gasteiger partial charge in [0.05, 0.1) is 12.7 Å². The summed E-state index contributed by atoms with van der Waals surface area (Å²) in [4.78, 5) is 11.7. The van der Waals surface area contributed by atoms with E-state index in [4.69, 9.17) is 9.16 Å². The normalized spacial score (nSPS) is 14.6. The van der Waals surface area contributed by atoms with Gasteiger partial charge in [-0.2, -0.15) is 0 Å². The first-order chi connectivity index (χ1) is 17.8. The highest BCUT2D eigenvalue weighted by Crippen LogP contribution is 2.37. The maximum atomic E-state index is 11.7. The molecule has 0 aromatic heterocycles. The Kier molecular flexibility index (Phi) is 10.9. The summed E-state index contributed by atoms with van der Waals surface area (Å²) in [5.41, 5.74) is 1.13. The average Bonchev–Trinajstić information content (AvgIpc) is 2.92. The minimum absolute atomic E-state index is 0.0403. The van der Waals surface area contributed by atoms with Crippen LogP contribution >= 0.6 is 0 Å². The lowest BCUT2D eigenvalue weighted by Crippen LogP contribution is -2.66. The van der Waals surface area contributed by atoms with Gasteiger partial charge >= 0.3 is 0 Å². The summed E-state index contributed by atoms with van der Waals surface area (Å²) in [6.07, 6.45) is 3.76. The molecule has 0 N–H and O–H groups in total. The van der Waals surface area contributed by atoms with Gasteiger partial charge in [0.25, 0.3) is 8.32 Å². The average molecular weight is 517 g/mol. The molecular formula is C33H44O3Si. The van der Waals surface area contributed by atoms with Crippen molar-refractivity contribution in [2.45, 2.75) is 71.6 Å². The monoisotopic (exact) mass is 516 g/mol. The lowest BCUT2D eigenvalue weighted by Gasteiger charge is -2.43. The second kappa shape index (κ2) is 13.9. The summed E-state index contributed by atoms with van der Waals surface area (Å²) in [5, 5.41) is 2.57. The van der Waals surface area contributed by atoms with Gasteiger partial charge in [-0.15, -0.1) is 0 Å². The predicted molar refractivity (Wildman–Crippen MR) is 157 cm³/mol. The molecule has 0 saturated heterocycles. The Hall–Kier alpha value is -2.53. The van der Waals surface area contributed by atoms with Gasteiger partial charge in [0.15, 0.2) is 0 Å². The maximum absolute atomic E-state index is 11.7. The zero-order chi connectivity index (χ0) is 26.7. The van der Waals surface area contributed by atoms with E-state index in [-0.39, 0.29) is 17.1 Å². The second-order valence-electron chi connectivity index (χ2n) is 11.2. The number of hydrogen-bond acceptors (Lipinski definition) is 3. The number of hydrogen-bond donors (Lipinski definition) is 0. The SMILES string of the molecule is CC[C@H](CC[C@H](OCc1ccccc1)[C@H](C)C=O)CO[Si](c1ccccc1)(c1ccccc1)C(C)(C)C. The Labute approximate surface area is 225 Å². The first-order valence-corrected chi connectivity index (χ1v) is 15.6. The summed E-state index contributed by atoms with van der Waals surface area (Å²) >= 11 is 0. The highest BCUT2D eigenvalue weighted by atomic mass is 28.4. The quantitative estimate of drug-likeness (QED) is 0.175. The van der Waals surface area contributed by atoms with Crippen LogP contribution in [-0.2, 0) is 20.6 Å². The minimum atomic E-state index is -2.56. The topological polar surface area (TPSA) is 35.5 Å². The molecule has 0 aliphatic carbocycles. The standard InChI is InChI=1S/C33H44O3Si/c1-6-28(22-23-32(27(2)24-34)35-25-29-16-10-7-11-17-29)26-36-37(33(3,4)5,30-18-12-8-13-19-30)31-20-14-9-15-21-31/h7-21,24,27-28,32H,6,22-23,25-26H2,1-5H3/t27-,28-,32+/m1/s1. The summed E-state index contributed by atoms with van der Waals surface area (Å²) in [5.74, 6) is 0.252. The molecular weight excluding hydrogens is 472 g/mol. The molecule has 3 aromatic rings. The van der Waals surface area contributed by atoms with Gasteiger partial charge in [0.2, 0.25) is 0 Å². The first-order valence-electron chi connectivity index (χ1n) is 13.7. The molecule has 3 rings (SSSR count). The molecule has 0 unspecified atom stereocenters. The number of carbonyl (C=O) groups is 1. The molecule has 0 fully saturated rings. The van der Waals surface area contributed by atoms with Crippen molar-refractivity contribution in [3.8, 4) is 0 Å². The molecule has 198 valence electrons. The Morgan fingerprint density at radius 1 is 0.811 bits per heavy atom. The van der Waals surface area contributed by atoms with Crippen LogP contribution < -0.4 is 10.4 Å². The van der Waals surface area contributed by atoms with Gasteiger partial charge in [0, 0.05) is 12.5 Å². The molecule has 0 aliphatic heterocycles. The third-order valence-corrected chi connectivity index (χ3v) is 12.5. The maximum Gasteiger partial charge on any atom is 0.261 e. The lowest BCUT2D eigenvalue weighted by molar-refractivity contribution is -0.116. The van der Waals surface area contributed by atoms with Crippen molar-refractivity contribution in [2.24, 2.45) is 11.8 Å². The van der Waals surface area contributed by atoms with E-state index in [0.717, 1.165) is 31.1 Å². The molecule has 3 atom stereocenters. The molecule has 4 heteroatoms. The number of aldehydes is 1. The zero-order valence-electron chi connectivity index (χ0n) is 23.2. The molecule has 0 spiro atoms. The predicted octanol–water partition coefficient (Wildman–Crippen LogP) is 6.79. The van der Waals surface area contributed by atoms with Crippen LogP contribution in [0.4, 0.5) is 0 Å². The van der Waals surface area contributed by atoms with E-state index >= 15 is 0 Å². The summed E-state index contributed by atoms with van der Waals surface area (Å²) in [7, 11) is -2.56. The number of ether oxygens (including phenoxy) is 1. The summed E-state index contributed by atoms with van der Waals surface area (Å²) in [6.45, 7) is 12.4. The van der Waals surface area contributed by atoms with E-state index < -0.39 is 8.32 Å². The first kappa shape index (κ1) is 29.0. The van der Waals surface area contributed by atoms with Gasteiger partial charge in [-0.1, -0.05) is 132 Å². The van der Waals surface area contributed by atoms with E-state index in [9.17, 15) is 4.79 Å². The highest BCUT2D eigenvalue weighted by molar-refractivity contribution is 6.99. The molecule has 0 radical (unpaired) electrons. The summed E-state index contributed by atoms with van der Waals surface area (Å²) in [6, 6.07) is 31.8. The Bertz CT molecular complexity index is 1010. The van der Waals surface area contributed by atoms with Crippen LogP contribution in [0.25, 0.3) is 0 Å². The fourth-order valence-electron chi connectivity index (χ4n) is 5.17. The molecule has 0 bridgehead atoms. The molecule has 0 amide bonds. The van der Waals surface area contributed by atoms with Gasteiger partial charge in [-0.25, -0.2) is 0 Å². The molecule has 37 heavy (non-hydrogen) atoms. The zero-order valence-corrected chi connectivity index (χ0v) is 24.2. The van der Waals surface area contributed by atoms with Gasteiger partial charge in [-0.3, -0.25) is 0 Å². The summed E-state index contributed by atoms with van der Waals surface area (Å²) < 4.78 is 13.4. The van der Waals surface area contributed by atoms with Crippen LogP contribution in [0.15, 0.2) is 91.0 Å². The molecule has 3 aromatic carbocycles. The van der Waals surface area contributed by atoms with Gasteiger partial charge < -0.3 is 14.0 Å². The molecule has 3 nitrogen and oxygen atoms in total. The van der Waals surface area contributed by atoms with Crippen LogP contribution in [0.2, 0.25) is 5.04 Å². The Morgan fingerprint density at radius 3 is 1.78 bits per heavy atom. The minimum Gasteiger partial charge on any atom is -0.407 e. The van der Waals surface area contributed by atoms with Crippen LogP contribution in [0, 0.1) is 11.8 Å². The molecule has 0 heterocycles. The van der Waals surface area contributed by atoms with E-state index in [1.165, 1.54) is 10.4 Å². The van der Waals surface area contributed by atoms with E-state index in [0.29, 0.717) is 19.1 Å². The van der Waals surface area contributed by atoms with Crippen molar-refractivity contribution in [3.05, 3.63) is 96.6 Å². The highest BCUT2D eigenvalue weighted by Gasteiger charge is 2.50. The van der Waals surface area contributed by atoms with E-state index in [1.54, 1.807) is 0 Å². The van der Waals surface area contributed by atoms with Crippen molar-refractivity contribution < 1.29 is 14.0 Å². The second-order valence-corrected chi connectivity index (χ2v) is 15.5. The third kappa shape index (κ3) is 7.50. The Balaban J connectivity index is 1.77. The molecule has 0 aliphatic rings. The van der Waals surface area contributed by atoms with Crippen LogP contribution in [-0.4, -0.2) is 27.3 Å². The molecule has 0 saturated carbocycles. The number of carbonyl (C=O) groups excluding carboxylic acids is 1. The van der Waals surface area contributed by atoms with Crippen molar-refractivity contribution >= 4 is 25.0 Å². The smallest absolute Gasteiger partial charge is 0.261 e. The van der Waals surface area contributed by atoms with Crippen LogP contribution in [0.1, 0.15) is 59.4 Å². The van der Waals surface area contributed by atoms with Crippen LogP contribution in [0.3, 0.4) is 0 Å². The fraction of sp³-hybridized carbons (Fsp3) is 0.424. The number of benzene rings is 3. The van der Waals surface area contributed by atoms with E-state index in [1.807, 2.05) is 25.1 Å². The van der Waals surface area contributed by atoms with Crippen molar-refractivity contribution in [3.63, 3.8) is 0 Å². The largest absolute Gasteiger partial charge is 0.407 e. The van der Waals surface area contributed by atoms with Crippen molar-refractivity contribution in [1.29, 1.82) is 0 Å². The fourth-order valence-corrected chi connectivity index (χ4v) is 9.81. The van der Waals surface area contributed by atoms with Crippen molar-refractivity contribution in [1.82, 2.24) is 0 Å². The van der Waals surface area contributed by atoms with Gasteiger partial charge in [-0.05, 0) is 39.7 Å². The number of rotatable bonds is 14. The van der Waals surface area contributed by atoms with Gasteiger partial charge in [0.1, 0.15) is 6.29 Å². The van der Waals surface area contributed by atoms with E-state index in [2.05, 4.69) is 100 Å². The Morgan fingerprint density at radius 2 is 1.32 bits per heavy atom. The van der Waals surface area contributed by atoms with Crippen LogP contribution in [0.5, 0.6) is 0 Å².